The lowest BCUT2D eigenvalue weighted by Crippen LogP contribution is -2.27. The Balaban J connectivity index is 0.000000728. The third-order valence-corrected chi connectivity index (χ3v) is 7.57. The Morgan fingerprint density at radius 2 is 1.76 bits per heavy atom. The fourth-order valence-electron chi connectivity index (χ4n) is 3.69. The van der Waals surface area contributed by atoms with Crippen LogP contribution in [0.3, 0.4) is 0 Å². The molecule has 5 nitrogen and oxygen atoms in total. The molecule has 0 radical (unpaired) electrons. The van der Waals surface area contributed by atoms with Gasteiger partial charge in [-0.05, 0) is 42.4 Å². The Labute approximate surface area is 204 Å². The van der Waals surface area contributed by atoms with Crippen LogP contribution in [0.15, 0.2) is 54.7 Å². The van der Waals surface area contributed by atoms with E-state index in [-0.39, 0.29) is 18.0 Å². The summed E-state index contributed by atoms with van der Waals surface area (Å²) in [5.41, 5.74) is 1.72. The largest absolute Gasteiger partial charge is 0.454 e. The lowest BCUT2D eigenvalue weighted by atomic mass is 9.94. The summed E-state index contributed by atoms with van der Waals surface area (Å²) < 4.78 is 10.9. The van der Waals surface area contributed by atoms with Gasteiger partial charge in [0.05, 0.1) is 10.7 Å². The van der Waals surface area contributed by atoms with Crippen LogP contribution in [-0.2, 0) is 10.2 Å². The Hall–Kier alpha value is -2.51. The topological polar surface area (TPSA) is 60.5 Å². The zero-order valence-electron chi connectivity index (χ0n) is 19.9. The number of thiazole rings is 1. The summed E-state index contributed by atoms with van der Waals surface area (Å²) in [4.78, 5) is 18.7. The number of ether oxygens (including phenoxy) is 2. The van der Waals surface area contributed by atoms with Gasteiger partial charge in [-0.3, -0.25) is 4.79 Å². The van der Waals surface area contributed by atoms with E-state index in [0.717, 1.165) is 29.0 Å². The van der Waals surface area contributed by atoms with Gasteiger partial charge in [0.25, 0.3) is 0 Å². The maximum absolute atomic E-state index is 13.1. The number of benzene rings is 2. The molecule has 1 atom stereocenters. The molecule has 0 saturated heterocycles. The van der Waals surface area contributed by atoms with Crippen molar-refractivity contribution in [2.24, 2.45) is 0 Å². The van der Waals surface area contributed by atoms with Crippen LogP contribution in [0, 0.1) is 0 Å². The molecule has 1 N–H and O–H groups in total. The molecule has 1 aromatic heterocycles. The highest BCUT2D eigenvalue weighted by molar-refractivity contribution is 7.99. The van der Waals surface area contributed by atoms with E-state index < -0.39 is 5.41 Å². The van der Waals surface area contributed by atoms with Gasteiger partial charge in [0, 0.05) is 11.1 Å². The summed E-state index contributed by atoms with van der Waals surface area (Å²) >= 11 is 3.31. The second-order valence-corrected chi connectivity index (χ2v) is 9.20. The zero-order chi connectivity index (χ0) is 23.8. The summed E-state index contributed by atoms with van der Waals surface area (Å²) in [6, 6.07) is 16.1. The van der Waals surface area contributed by atoms with Gasteiger partial charge >= 0.3 is 0 Å². The molecule has 2 heterocycles. The molecule has 1 aliphatic heterocycles. The van der Waals surface area contributed by atoms with Crippen molar-refractivity contribution in [2.75, 3.05) is 18.4 Å². The Morgan fingerprint density at radius 3 is 2.42 bits per heavy atom. The predicted molar refractivity (Wildman–Crippen MR) is 139 cm³/mol. The highest BCUT2D eigenvalue weighted by Crippen LogP contribution is 2.51. The number of hydrogen-bond donors (Lipinski definition) is 1. The fourth-order valence-corrected chi connectivity index (χ4v) is 5.67. The molecule has 7 heteroatoms. The minimum Gasteiger partial charge on any atom is -0.454 e. The number of carbonyl (C=O) groups excluding carboxylic acids is 1. The van der Waals surface area contributed by atoms with Crippen LogP contribution in [0.1, 0.15) is 61.8 Å². The van der Waals surface area contributed by atoms with Crippen molar-refractivity contribution in [1.82, 2.24) is 4.98 Å². The first-order chi connectivity index (χ1) is 16.2. The first-order valence-electron chi connectivity index (χ1n) is 11.4. The fraction of sp³-hybridized carbons (Fsp3) is 0.385. The average Bonchev–Trinajstić information content (AvgIpc) is 3.34. The van der Waals surface area contributed by atoms with Crippen molar-refractivity contribution in [3.05, 3.63) is 70.7 Å². The zero-order valence-corrected chi connectivity index (χ0v) is 21.5. The number of carbonyl (C=O) groups is 1. The molecule has 33 heavy (non-hydrogen) atoms. The van der Waals surface area contributed by atoms with Crippen molar-refractivity contribution >= 4 is 34.1 Å². The lowest BCUT2D eigenvalue weighted by molar-refractivity contribution is -0.118. The van der Waals surface area contributed by atoms with E-state index in [9.17, 15) is 4.79 Å². The number of rotatable bonds is 6. The number of aromatic nitrogens is 1. The molecule has 1 unspecified atom stereocenters. The van der Waals surface area contributed by atoms with E-state index in [1.807, 2.05) is 70.3 Å². The molecule has 2 aromatic carbocycles. The van der Waals surface area contributed by atoms with Crippen molar-refractivity contribution in [3.63, 3.8) is 0 Å². The van der Waals surface area contributed by atoms with Crippen molar-refractivity contribution in [2.45, 2.75) is 51.2 Å². The second-order valence-electron chi connectivity index (χ2n) is 7.20. The molecule has 0 bridgehead atoms. The molecule has 1 aliphatic carbocycles. The Kier molecular flexibility index (Phi) is 8.80. The predicted octanol–water partition coefficient (Wildman–Crippen LogP) is 7.05. The Bertz CT molecular complexity index is 1050. The molecule has 5 rings (SSSR count). The van der Waals surface area contributed by atoms with Crippen LogP contribution in [0.4, 0.5) is 5.13 Å². The van der Waals surface area contributed by atoms with Gasteiger partial charge in [-0.15, -0.1) is 11.3 Å². The third-order valence-electron chi connectivity index (χ3n) is 5.45. The SMILES string of the molecule is CC.CC.CSC(c1ccccc1)c1cnc(NC(=O)C2(c3ccc4c(c3)OCO4)CC2)s1. The van der Waals surface area contributed by atoms with E-state index in [2.05, 4.69) is 28.7 Å². The first-order valence-corrected chi connectivity index (χ1v) is 13.5. The first kappa shape index (κ1) is 25.1. The van der Waals surface area contributed by atoms with E-state index in [1.165, 1.54) is 16.9 Å². The van der Waals surface area contributed by atoms with E-state index in [4.69, 9.17) is 9.47 Å². The van der Waals surface area contributed by atoms with Crippen LogP contribution < -0.4 is 14.8 Å². The van der Waals surface area contributed by atoms with E-state index >= 15 is 0 Å². The van der Waals surface area contributed by atoms with E-state index in [0.29, 0.717) is 10.9 Å². The number of anilines is 1. The van der Waals surface area contributed by atoms with Gasteiger partial charge in [-0.25, -0.2) is 4.98 Å². The molecule has 1 saturated carbocycles. The standard InChI is InChI=1S/C22H20N2O3S2.2C2H6/c1-28-19(14-5-3-2-4-6-14)18-12-23-21(29-18)24-20(25)22(9-10-22)15-7-8-16-17(11-15)27-13-26-16;2*1-2/h2-8,11-12,19H,9-10,13H2,1H3,(H,23,24,25);2*1-2H3. The summed E-state index contributed by atoms with van der Waals surface area (Å²) in [6.07, 6.45) is 5.62. The number of nitrogens with one attached hydrogen (secondary N) is 1. The van der Waals surface area contributed by atoms with Crippen LogP contribution in [-0.4, -0.2) is 23.9 Å². The highest BCUT2D eigenvalue weighted by atomic mass is 32.2. The molecular weight excluding hydrogens is 452 g/mol. The minimum absolute atomic E-state index is 0.00215. The highest BCUT2D eigenvalue weighted by Gasteiger charge is 2.52. The van der Waals surface area contributed by atoms with Crippen LogP contribution in [0.2, 0.25) is 0 Å². The maximum Gasteiger partial charge on any atom is 0.236 e. The second kappa shape index (κ2) is 11.6. The molecule has 3 aromatic rings. The normalized spacial score (nSPS) is 15.3. The van der Waals surface area contributed by atoms with Gasteiger partial charge in [-0.1, -0.05) is 64.1 Å². The summed E-state index contributed by atoms with van der Waals surface area (Å²) in [6.45, 7) is 8.23. The van der Waals surface area contributed by atoms with Crippen LogP contribution >= 0.6 is 23.1 Å². The molecule has 0 spiro atoms. The molecule has 1 amide bonds. The quantitative estimate of drug-likeness (QED) is 0.406. The Morgan fingerprint density at radius 1 is 1.06 bits per heavy atom. The van der Waals surface area contributed by atoms with Crippen molar-refractivity contribution in [1.29, 1.82) is 0 Å². The maximum atomic E-state index is 13.1. The van der Waals surface area contributed by atoms with E-state index in [1.54, 1.807) is 11.8 Å². The number of thioether (sulfide) groups is 1. The monoisotopic (exact) mass is 484 g/mol. The molecule has 1 fully saturated rings. The number of fused-ring (bicyclic) bond motifs is 1. The summed E-state index contributed by atoms with van der Waals surface area (Å²) in [5, 5.41) is 3.91. The number of amides is 1. The number of nitrogens with zero attached hydrogens (tertiary/aromatic N) is 1. The van der Waals surface area contributed by atoms with Gasteiger partial charge in [-0.2, -0.15) is 11.8 Å². The van der Waals surface area contributed by atoms with Crippen LogP contribution in [0.25, 0.3) is 0 Å². The van der Waals surface area contributed by atoms with Gasteiger partial charge in [0.2, 0.25) is 12.7 Å². The molecule has 176 valence electrons. The molecular formula is C26H32N2O3S2. The van der Waals surface area contributed by atoms with Gasteiger partial charge in [0.1, 0.15) is 0 Å². The average molecular weight is 485 g/mol. The third kappa shape index (κ3) is 5.36. The summed E-state index contributed by atoms with van der Waals surface area (Å²) in [7, 11) is 0. The summed E-state index contributed by atoms with van der Waals surface area (Å²) in [5.74, 6) is 1.44. The minimum atomic E-state index is -0.495. The van der Waals surface area contributed by atoms with Gasteiger partial charge < -0.3 is 14.8 Å². The molecule has 2 aliphatic rings. The lowest BCUT2D eigenvalue weighted by Gasteiger charge is -2.15. The van der Waals surface area contributed by atoms with Crippen molar-refractivity contribution < 1.29 is 14.3 Å². The number of hydrogen-bond acceptors (Lipinski definition) is 6. The van der Waals surface area contributed by atoms with Crippen LogP contribution in [0.5, 0.6) is 11.5 Å². The van der Waals surface area contributed by atoms with Gasteiger partial charge in [0.15, 0.2) is 16.6 Å². The van der Waals surface area contributed by atoms with Crippen molar-refractivity contribution in [3.8, 4) is 11.5 Å². The smallest absolute Gasteiger partial charge is 0.236 e.